The summed E-state index contributed by atoms with van der Waals surface area (Å²) in [6.07, 6.45) is 0. The molecule has 8 rings (SSSR count). The Morgan fingerprint density at radius 3 is 1.47 bits per heavy atom. The van der Waals surface area contributed by atoms with Gasteiger partial charge in [0.1, 0.15) is 17.2 Å². The molecule has 43 heavy (non-hydrogen) atoms. The second-order valence-electron chi connectivity index (χ2n) is 11.4. The lowest BCUT2D eigenvalue weighted by molar-refractivity contribution is 0.420. The summed E-state index contributed by atoms with van der Waals surface area (Å²) in [5, 5.41) is 44.3. The van der Waals surface area contributed by atoms with Gasteiger partial charge in [-0.1, -0.05) is 103 Å². The van der Waals surface area contributed by atoms with Crippen LogP contribution >= 0.6 is 0 Å². The van der Waals surface area contributed by atoms with E-state index in [-0.39, 0.29) is 17.2 Å². The van der Waals surface area contributed by atoms with Gasteiger partial charge in [0.15, 0.2) is 0 Å². The first-order valence-electron chi connectivity index (χ1n) is 14.5. The van der Waals surface area contributed by atoms with Crippen molar-refractivity contribution in [2.45, 2.75) is 13.8 Å². The predicted molar refractivity (Wildman–Crippen MR) is 179 cm³/mol. The van der Waals surface area contributed by atoms with Gasteiger partial charge in [0.2, 0.25) is 0 Å². The number of phenols is 3. The zero-order valence-electron chi connectivity index (χ0n) is 23.8. The van der Waals surface area contributed by atoms with Crippen LogP contribution in [0.2, 0.25) is 0 Å². The van der Waals surface area contributed by atoms with Gasteiger partial charge in [0.05, 0.1) is 5.56 Å². The van der Waals surface area contributed by atoms with E-state index in [4.69, 9.17) is 0 Å². The van der Waals surface area contributed by atoms with Crippen molar-refractivity contribution in [2.24, 2.45) is 0 Å². The summed E-state index contributed by atoms with van der Waals surface area (Å²) >= 11 is 0. The van der Waals surface area contributed by atoms with Crippen LogP contribution in [0.25, 0.3) is 76.1 Å². The number of phenolic OH excluding ortho intramolecular Hbond substituents is 3. The Balaban J connectivity index is 1.53. The molecule has 0 saturated heterocycles. The van der Waals surface area contributed by atoms with Gasteiger partial charge in [-0.15, -0.1) is 0 Å². The monoisotopic (exact) mass is 556 g/mol. The quantitative estimate of drug-likeness (QED) is 0.147. The van der Waals surface area contributed by atoms with Crippen LogP contribution in [0.3, 0.4) is 0 Å². The van der Waals surface area contributed by atoms with Gasteiger partial charge in [-0.05, 0) is 91.0 Å². The van der Waals surface area contributed by atoms with Crippen molar-refractivity contribution in [3.05, 3.63) is 126 Å². The Labute approximate surface area is 248 Å². The number of fused-ring (bicyclic) bond motifs is 6. The van der Waals surface area contributed by atoms with Crippen molar-refractivity contribution in [1.82, 2.24) is 0 Å². The molecule has 0 aliphatic carbocycles. The largest absolute Gasteiger partial charge is 0.507 e. The summed E-state index contributed by atoms with van der Waals surface area (Å²) in [4.78, 5) is 0. The second-order valence-corrected chi connectivity index (χ2v) is 11.4. The Morgan fingerprint density at radius 1 is 0.349 bits per heavy atom. The van der Waals surface area contributed by atoms with Crippen LogP contribution in [0, 0.1) is 13.8 Å². The summed E-state index contributed by atoms with van der Waals surface area (Å²) in [5.74, 6) is -0.334. The van der Waals surface area contributed by atoms with E-state index >= 15 is 0 Å². The fourth-order valence-electron chi connectivity index (χ4n) is 6.92. The summed E-state index contributed by atoms with van der Waals surface area (Å²) < 4.78 is 0. The van der Waals surface area contributed by atoms with Gasteiger partial charge >= 0.3 is 0 Å². The van der Waals surface area contributed by atoms with Crippen molar-refractivity contribution in [3.8, 4) is 39.5 Å². The maximum absolute atomic E-state index is 11.3. The van der Waals surface area contributed by atoms with E-state index in [0.717, 1.165) is 43.6 Å². The molecule has 0 amide bonds. The normalized spacial score (nSPS) is 11.8. The molecule has 0 fully saturated rings. The highest BCUT2D eigenvalue weighted by Crippen LogP contribution is 2.53. The van der Waals surface area contributed by atoms with E-state index in [0.29, 0.717) is 16.7 Å². The fourth-order valence-corrected chi connectivity index (χ4v) is 6.92. The van der Waals surface area contributed by atoms with Crippen molar-refractivity contribution in [3.63, 3.8) is 0 Å². The third-order valence-corrected chi connectivity index (χ3v) is 9.09. The highest BCUT2D eigenvalue weighted by molar-refractivity contribution is 6.26. The summed E-state index contributed by atoms with van der Waals surface area (Å²) in [5.41, 5.74) is 3.99. The molecule has 0 heterocycles. The number of hydrogen-bond donors (Lipinski definition) is 3. The van der Waals surface area contributed by atoms with Gasteiger partial charge < -0.3 is 15.3 Å². The molecule has 0 aromatic heterocycles. The lowest BCUT2D eigenvalue weighted by Crippen LogP contribution is -1.94. The molecule has 3 N–H and O–H groups in total. The van der Waals surface area contributed by atoms with Gasteiger partial charge in [-0.3, -0.25) is 0 Å². The molecule has 206 valence electrons. The van der Waals surface area contributed by atoms with Crippen LogP contribution in [0.5, 0.6) is 17.2 Å². The highest BCUT2D eigenvalue weighted by atomic mass is 16.3. The number of rotatable bonds is 2. The van der Waals surface area contributed by atoms with Gasteiger partial charge in [-0.25, -0.2) is 0 Å². The highest BCUT2D eigenvalue weighted by Gasteiger charge is 2.25. The minimum Gasteiger partial charge on any atom is -0.507 e. The van der Waals surface area contributed by atoms with Gasteiger partial charge in [0.25, 0.3) is 0 Å². The van der Waals surface area contributed by atoms with Crippen molar-refractivity contribution in [1.29, 1.82) is 0 Å². The molecular weight excluding hydrogens is 528 g/mol. The molecular formula is C40H28O3. The molecule has 0 bridgehead atoms. The van der Waals surface area contributed by atoms with Crippen LogP contribution in [0.4, 0.5) is 0 Å². The van der Waals surface area contributed by atoms with Crippen molar-refractivity contribution < 1.29 is 15.3 Å². The van der Waals surface area contributed by atoms with Gasteiger partial charge in [-0.2, -0.15) is 0 Å². The van der Waals surface area contributed by atoms with Crippen LogP contribution in [-0.4, -0.2) is 15.3 Å². The predicted octanol–water partition coefficient (Wildman–Crippen LogP) is 10.5. The minimum absolute atomic E-state index is 0.0975. The zero-order chi connectivity index (χ0) is 29.4. The number of hydrogen-bond acceptors (Lipinski definition) is 3. The van der Waals surface area contributed by atoms with E-state index in [1.54, 1.807) is 13.8 Å². The second kappa shape index (κ2) is 9.23. The third-order valence-electron chi connectivity index (χ3n) is 9.09. The maximum atomic E-state index is 11.3. The molecule has 0 saturated carbocycles. The molecule has 8 aromatic carbocycles. The average molecular weight is 557 g/mol. The Hall–Kier alpha value is -5.54. The van der Waals surface area contributed by atoms with Crippen molar-refractivity contribution in [2.75, 3.05) is 0 Å². The Bertz CT molecular complexity index is 2370. The lowest BCUT2D eigenvalue weighted by atomic mass is 9.83. The molecule has 0 radical (unpaired) electrons. The molecule has 0 aliphatic heterocycles. The molecule has 0 unspecified atom stereocenters. The number of aromatic hydroxyl groups is 3. The number of benzene rings is 8. The first-order valence-corrected chi connectivity index (χ1v) is 14.5. The first-order chi connectivity index (χ1) is 20.9. The average Bonchev–Trinajstić information content (AvgIpc) is 3.05. The third kappa shape index (κ3) is 3.55. The first kappa shape index (κ1) is 25.2. The SMILES string of the molecule is Cc1c(O)c(C)c(O)c(-c2c3ccccc3c(-c3cccc4c3ccc3cc5ccccc5cc34)c3ccccc23)c1O. The molecule has 0 spiro atoms. The maximum Gasteiger partial charge on any atom is 0.133 e. The van der Waals surface area contributed by atoms with E-state index < -0.39 is 0 Å². The van der Waals surface area contributed by atoms with E-state index in [1.807, 2.05) is 36.4 Å². The molecule has 3 nitrogen and oxygen atoms in total. The molecule has 0 atom stereocenters. The molecule has 0 aliphatic rings. The van der Waals surface area contributed by atoms with Crippen LogP contribution in [0.15, 0.2) is 115 Å². The fraction of sp³-hybridized carbons (Fsp3) is 0.0500. The molecule has 3 heteroatoms. The lowest BCUT2D eigenvalue weighted by Gasteiger charge is -2.21. The van der Waals surface area contributed by atoms with E-state index in [2.05, 4.69) is 78.9 Å². The van der Waals surface area contributed by atoms with E-state index in [1.165, 1.54) is 26.9 Å². The standard InChI is InChI=1S/C40H28O3/c1-22-38(41)23(2)40(43)37(39(22)42)36-32-14-7-5-12-30(32)35(31-13-6-8-15-33(31)36)29-17-9-16-27-28(29)19-18-26-20-24-10-3-4-11-25(24)21-34(26)27/h3-21,41-43H,1-2H3. The van der Waals surface area contributed by atoms with Crippen LogP contribution in [-0.2, 0) is 0 Å². The Kier molecular flexibility index (Phi) is 5.41. The van der Waals surface area contributed by atoms with Crippen molar-refractivity contribution >= 4 is 53.9 Å². The van der Waals surface area contributed by atoms with Crippen LogP contribution < -0.4 is 0 Å². The van der Waals surface area contributed by atoms with E-state index in [9.17, 15) is 15.3 Å². The minimum atomic E-state index is -0.118. The molecule has 8 aromatic rings. The summed E-state index contributed by atoms with van der Waals surface area (Å²) in [6, 6.07) is 40.3. The summed E-state index contributed by atoms with van der Waals surface area (Å²) in [6.45, 7) is 3.34. The van der Waals surface area contributed by atoms with Gasteiger partial charge in [0, 0.05) is 16.7 Å². The summed E-state index contributed by atoms with van der Waals surface area (Å²) in [7, 11) is 0. The zero-order valence-corrected chi connectivity index (χ0v) is 23.8. The smallest absolute Gasteiger partial charge is 0.133 e. The topological polar surface area (TPSA) is 60.7 Å². The van der Waals surface area contributed by atoms with Crippen LogP contribution in [0.1, 0.15) is 11.1 Å². The Morgan fingerprint density at radius 2 is 0.860 bits per heavy atom.